The summed E-state index contributed by atoms with van der Waals surface area (Å²) in [5, 5.41) is 9.85. The Balaban J connectivity index is 1.03. The lowest BCUT2D eigenvalue weighted by atomic mass is 9.58. The maximum Gasteiger partial charge on any atom is 0.238 e. The number of aliphatic hydroxyl groups excluding tert-OH is 1. The minimum absolute atomic E-state index is 0.171. The molecule has 1 aromatic heterocycles. The second-order valence-electron chi connectivity index (χ2n) is 14.5. The van der Waals surface area contributed by atoms with Gasteiger partial charge in [0.2, 0.25) is 23.6 Å². The Kier molecular flexibility index (Phi) is 8.35. The molecule has 10 heteroatoms. The number of carbonyl (C=O) groups is 6. The van der Waals surface area contributed by atoms with Gasteiger partial charge in [0.1, 0.15) is 18.1 Å². The van der Waals surface area contributed by atoms with E-state index in [1.807, 2.05) is 18.2 Å². The molecule has 10 nitrogen and oxygen atoms in total. The average molecular weight is 731 g/mol. The molecule has 5 aromatic rings. The van der Waals surface area contributed by atoms with Crippen LogP contribution in [0.4, 0.5) is 11.4 Å². The highest BCUT2D eigenvalue weighted by atomic mass is 16.4. The summed E-state index contributed by atoms with van der Waals surface area (Å²) in [5.41, 5.74) is 3.31. The molecule has 6 atom stereocenters. The first kappa shape index (κ1) is 34.3. The zero-order valence-corrected chi connectivity index (χ0v) is 29.4. The molecule has 272 valence electrons. The highest BCUT2D eigenvalue weighted by molar-refractivity contribution is 6.24. The Bertz CT molecular complexity index is 2420. The molecular weight excluding hydrogens is 697 g/mol. The lowest BCUT2D eigenvalue weighted by Gasteiger charge is -2.43. The molecule has 3 fully saturated rings. The van der Waals surface area contributed by atoms with Crippen molar-refractivity contribution in [3.63, 3.8) is 0 Å². The molecule has 9 rings (SSSR count). The fourth-order valence-electron chi connectivity index (χ4n) is 9.10. The van der Waals surface area contributed by atoms with E-state index in [1.54, 1.807) is 109 Å². The van der Waals surface area contributed by atoms with Gasteiger partial charge in [-0.25, -0.2) is 0 Å². The summed E-state index contributed by atoms with van der Waals surface area (Å²) in [6.45, 7) is -0.362. The number of aliphatic hydroxyl groups is 1. The number of hydrogen-bond donors (Lipinski definition) is 1. The molecule has 4 aliphatic rings. The number of amides is 4. The first-order chi connectivity index (χ1) is 26.7. The molecule has 2 aliphatic carbocycles. The Morgan fingerprint density at radius 2 is 1.05 bits per heavy atom. The fraction of sp³-hybridized carbons (Fsp3) is 0.200. The Labute approximate surface area is 315 Å². The standard InChI is InChI=1S/C45H34N2O8/c48-24-31-19-22-36(55-31)38-32-20-21-33-37(44(53)46(42(33)51)29-15-11-27(12-16-29)40(49)25-7-3-1-4-8-25)34(32)23-35-39(38)45(54)47(43(35)52)30-17-13-28(14-18-30)41(50)26-9-5-2-6-10-26/h1-20,22,33-35,37-39,48H,21,23-24H2. The van der Waals surface area contributed by atoms with Gasteiger partial charge in [-0.2, -0.15) is 0 Å². The molecule has 4 aromatic carbocycles. The number of ketones is 2. The zero-order chi connectivity index (χ0) is 38.0. The maximum atomic E-state index is 14.4. The molecule has 0 spiro atoms. The molecule has 55 heavy (non-hydrogen) atoms. The number of rotatable bonds is 8. The van der Waals surface area contributed by atoms with Crippen LogP contribution in [0.3, 0.4) is 0 Å². The van der Waals surface area contributed by atoms with E-state index in [2.05, 4.69) is 0 Å². The van der Waals surface area contributed by atoms with E-state index in [0.29, 0.717) is 45.1 Å². The third kappa shape index (κ3) is 5.51. The highest BCUT2D eigenvalue weighted by Crippen LogP contribution is 2.58. The number of imide groups is 2. The Morgan fingerprint density at radius 1 is 0.564 bits per heavy atom. The predicted molar refractivity (Wildman–Crippen MR) is 200 cm³/mol. The van der Waals surface area contributed by atoms with Crippen LogP contribution in [-0.4, -0.2) is 40.3 Å². The number of benzene rings is 4. The Morgan fingerprint density at radius 3 is 1.56 bits per heavy atom. The fourth-order valence-corrected chi connectivity index (χ4v) is 9.10. The van der Waals surface area contributed by atoms with E-state index in [1.165, 1.54) is 4.90 Å². The molecule has 3 heterocycles. The first-order valence-electron chi connectivity index (χ1n) is 18.3. The first-order valence-corrected chi connectivity index (χ1v) is 18.3. The number of anilines is 2. The monoisotopic (exact) mass is 730 g/mol. The van der Waals surface area contributed by atoms with Crippen LogP contribution in [0.25, 0.3) is 0 Å². The van der Waals surface area contributed by atoms with Crippen molar-refractivity contribution in [3.05, 3.63) is 167 Å². The van der Waals surface area contributed by atoms with Gasteiger partial charge in [0.05, 0.1) is 41.0 Å². The van der Waals surface area contributed by atoms with E-state index < -0.39 is 53.2 Å². The van der Waals surface area contributed by atoms with Gasteiger partial charge in [0.15, 0.2) is 11.6 Å². The third-order valence-corrected chi connectivity index (χ3v) is 11.6. The van der Waals surface area contributed by atoms with Gasteiger partial charge < -0.3 is 9.52 Å². The van der Waals surface area contributed by atoms with Crippen molar-refractivity contribution in [3.8, 4) is 0 Å². The minimum atomic E-state index is -0.854. The molecule has 1 saturated carbocycles. The maximum absolute atomic E-state index is 14.4. The van der Waals surface area contributed by atoms with E-state index in [4.69, 9.17) is 4.42 Å². The van der Waals surface area contributed by atoms with Gasteiger partial charge in [-0.1, -0.05) is 72.3 Å². The molecular formula is C45H34N2O8. The van der Waals surface area contributed by atoms with Crippen molar-refractivity contribution in [1.29, 1.82) is 0 Å². The summed E-state index contributed by atoms with van der Waals surface area (Å²) in [6, 6.07) is 33.8. The van der Waals surface area contributed by atoms with Crippen LogP contribution in [0.5, 0.6) is 0 Å². The lowest BCUT2D eigenvalue weighted by Crippen LogP contribution is -2.43. The second kappa shape index (κ2) is 13.4. The Hall–Kier alpha value is -6.52. The minimum Gasteiger partial charge on any atom is -0.463 e. The number of fused-ring (bicyclic) bond motifs is 4. The van der Waals surface area contributed by atoms with Crippen molar-refractivity contribution in [2.24, 2.45) is 29.6 Å². The van der Waals surface area contributed by atoms with Gasteiger partial charge in [0.25, 0.3) is 0 Å². The molecule has 6 unspecified atom stereocenters. The van der Waals surface area contributed by atoms with Crippen molar-refractivity contribution in [1.82, 2.24) is 0 Å². The summed E-state index contributed by atoms with van der Waals surface area (Å²) in [5.74, 6) is -5.68. The predicted octanol–water partition coefficient (Wildman–Crippen LogP) is 6.28. The summed E-state index contributed by atoms with van der Waals surface area (Å²) >= 11 is 0. The van der Waals surface area contributed by atoms with Crippen molar-refractivity contribution in [2.45, 2.75) is 25.4 Å². The summed E-state index contributed by atoms with van der Waals surface area (Å²) < 4.78 is 6.05. The summed E-state index contributed by atoms with van der Waals surface area (Å²) in [7, 11) is 0. The van der Waals surface area contributed by atoms with E-state index >= 15 is 0 Å². The quantitative estimate of drug-likeness (QED) is 0.112. The highest BCUT2D eigenvalue weighted by Gasteiger charge is 2.63. The normalized spacial score (nSPS) is 24.3. The number of nitrogens with zero attached hydrogens (tertiary/aromatic N) is 2. The number of hydrogen-bond acceptors (Lipinski definition) is 8. The third-order valence-electron chi connectivity index (χ3n) is 11.6. The van der Waals surface area contributed by atoms with Gasteiger partial charge in [-0.3, -0.25) is 38.6 Å². The van der Waals surface area contributed by atoms with Gasteiger partial charge in [-0.05, 0) is 79.4 Å². The number of carbonyl (C=O) groups excluding carboxylic acids is 6. The van der Waals surface area contributed by atoms with E-state index in [9.17, 15) is 33.9 Å². The molecule has 0 bridgehead atoms. The van der Waals surface area contributed by atoms with Crippen LogP contribution < -0.4 is 9.80 Å². The van der Waals surface area contributed by atoms with Crippen LogP contribution in [0.2, 0.25) is 0 Å². The average Bonchev–Trinajstić information content (AvgIpc) is 3.89. The molecule has 4 amide bonds. The second-order valence-corrected chi connectivity index (χ2v) is 14.5. The van der Waals surface area contributed by atoms with E-state index in [0.717, 1.165) is 10.5 Å². The van der Waals surface area contributed by atoms with Crippen LogP contribution in [0.15, 0.2) is 137 Å². The summed E-state index contributed by atoms with van der Waals surface area (Å²) in [4.78, 5) is 85.7. The van der Waals surface area contributed by atoms with Crippen molar-refractivity contribution in [2.75, 3.05) is 9.80 Å². The van der Waals surface area contributed by atoms with Gasteiger partial charge in [-0.15, -0.1) is 0 Å². The number of allylic oxidation sites excluding steroid dienone is 2. The molecule has 1 N–H and O–H groups in total. The van der Waals surface area contributed by atoms with E-state index in [-0.39, 0.29) is 36.9 Å². The van der Waals surface area contributed by atoms with Gasteiger partial charge >= 0.3 is 0 Å². The summed E-state index contributed by atoms with van der Waals surface area (Å²) in [6.07, 6.45) is 2.35. The van der Waals surface area contributed by atoms with Crippen molar-refractivity contribution < 1.29 is 38.3 Å². The van der Waals surface area contributed by atoms with Crippen LogP contribution >= 0.6 is 0 Å². The largest absolute Gasteiger partial charge is 0.463 e. The molecule has 0 radical (unpaired) electrons. The smallest absolute Gasteiger partial charge is 0.238 e. The number of furan rings is 1. The lowest BCUT2D eigenvalue weighted by molar-refractivity contribution is -0.126. The van der Waals surface area contributed by atoms with Crippen LogP contribution in [-0.2, 0) is 25.8 Å². The van der Waals surface area contributed by atoms with Crippen molar-refractivity contribution >= 4 is 46.6 Å². The van der Waals surface area contributed by atoms with Crippen LogP contribution in [0.1, 0.15) is 62.1 Å². The zero-order valence-electron chi connectivity index (χ0n) is 29.4. The molecule has 2 saturated heterocycles. The topological polar surface area (TPSA) is 142 Å². The SMILES string of the molecule is O=C(c1ccccc1)c1ccc(N2C(=O)C3CC=C4C(CC5C(=O)N(c6ccc(C(=O)c7ccccc7)cc6)C(=O)C5C4c4ccc(CO)o4)C3C2=O)cc1. The van der Waals surface area contributed by atoms with Crippen LogP contribution in [0, 0.1) is 29.6 Å². The van der Waals surface area contributed by atoms with Gasteiger partial charge in [0, 0.05) is 22.3 Å². The molecule has 2 aliphatic heterocycles.